The largest absolute Gasteiger partial charge is 0.497 e. The van der Waals surface area contributed by atoms with Crippen LogP contribution in [-0.2, 0) is 10.4 Å². The molecule has 6 heteroatoms. The second kappa shape index (κ2) is 15.3. The Hall–Kier alpha value is -4.29. The Balaban J connectivity index is 1.30. The van der Waals surface area contributed by atoms with E-state index in [1.165, 1.54) is 5.56 Å². The van der Waals surface area contributed by atoms with Crippen LogP contribution in [0.2, 0.25) is 0 Å². The SMILES string of the molecule is COc1ccc(C(O)(c2ccc(OCCCC(=O)NCCCC(C)c3ccccc3)cc2)c2ccc(N(C)C)cc2)cc1. The van der Waals surface area contributed by atoms with E-state index in [-0.39, 0.29) is 5.91 Å². The summed E-state index contributed by atoms with van der Waals surface area (Å²) in [6.07, 6.45) is 3.04. The minimum atomic E-state index is -1.37. The molecular weight excluding hydrogens is 536 g/mol. The molecule has 4 rings (SSSR count). The highest BCUT2D eigenvalue weighted by Gasteiger charge is 2.34. The summed E-state index contributed by atoms with van der Waals surface area (Å²) in [4.78, 5) is 14.3. The molecule has 4 aromatic carbocycles. The van der Waals surface area contributed by atoms with Crippen LogP contribution in [0, 0.1) is 0 Å². The zero-order valence-corrected chi connectivity index (χ0v) is 25.8. The Morgan fingerprint density at radius 2 is 1.37 bits per heavy atom. The van der Waals surface area contributed by atoms with Crippen molar-refractivity contribution < 1.29 is 19.4 Å². The predicted molar refractivity (Wildman–Crippen MR) is 174 cm³/mol. The van der Waals surface area contributed by atoms with Gasteiger partial charge in [0.05, 0.1) is 13.7 Å². The van der Waals surface area contributed by atoms with E-state index < -0.39 is 5.60 Å². The number of hydrogen-bond donors (Lipinski definition) is 2. The summed E-state index contributed by atoms with van der Waals surface area (Å²) in [5, 5.41) is 15.2. The molecule has 0 aliphatic rings. The average molecular weight is 581 g/mol. The molecule has 6 nitrogen and oxygen atoms in total. The second-order valence-corrected chi connectivity index (χ2v) is 11.2. The Bertz CT molecular complexity index is 1400. The standard InChI is InChI=1S/C37H44N2O4/c1-28(29-11-6-5-7-12-29)10-8-26-38-36(40)13-9-27-43-35-24-18-32(19-25-35)37(41,31-16-22-34(42-4)23-17-31)30-14-20-33(21-15-30)39(2)3/h5-7,11-12,14-25,28,41H,8-10,13,26-27H2,1-4H3,(H,38,40). The summed E-state index contributed by atoms with van der Waals surface area (Å²) in [5.74, 6) is 1.95. The second-order valence-electron chi connectivity index (χ2n) is 11.2. The first kappa shape index (κ1) is 31.6. The number of anilines is 1. The smallest absolute Gasteiger partial charge is 0.220 e. The number of rotatable bonds is 15. The number of ether oxygens (including phenoxy) is 2. The van der Waals surface area contributed by atoms with Crippen LogP contribution in [0.15, 0.2) is 103 Å². The molecule has 0 saturated heterocycles. The normalized spacial score (nSPS) is 13.0. The predicted octanol–water partition coefficient (Wildman–Crippen LogP) is 6.90. The molecule has 0 radical (unpaired) electrons. The zero-order chi connectivity index (χ0) is 30.7. The van der Waals surface area contributed by atoms with Crippen molar-refractivity contribution in [3.8, 4) is 11.5 Å². The van der Waals surface area contributed by atoms with E-state index in [2.05, 4.69) is 36.5 Å². The number of hydrogen-bond acceptors (Lipinski definition) is 5. The van der Waals surface area contributed by atoms with Gasteiger partial charge in [0.1, 0.15) is 17.1 Å². The van der Waals surface area contributed by atoms with Gasteiger partial charge in [-0.15, -0.1) is 0 Å². The molecule has 2 unspecified atom stereocenters. The summed E-state index contributed by atoms with van der Waals surface area (Å²) in [6, 6.07) is 33.4. The molecule has 4 aromatic rings. The molecule has 43 heavy (non-hydrogen) atoms. The van der Waals surface area contributed by atoms with Crippen molar-refractivity contribution in [1.82, 2.24) is 5.32 Å². The molecular formula is C37H44N2O4. The van der Waals surface area contributed by atoms with Gasteiger partial charge in [-0.2, -0.15) is 0 Å². The van der Waals surface area contributed by atoms with Gasteiger partial charge in [-0.05, 0) is 83.8 Å². The van der Waals surface area contributed by atoms with Gasteiger partial charge in [-0.25, -0.2) is 0 Å². The lowest BCUT2D eigenvalue weighted by Crippen LogP contribution is -2.29. The molecule has 0 aromatic heterocycles. The van der Waals surface area contributed by atoms with Gasteiger partial charge in [-0.1, -0.05) is 73.7 Å². The van der Waals surface area contributed by atoms with Crippen molar-refractivity contribution in [3.05, 3.63) is 125 Å². The minimum absolute atomic E-state index is 0.0520. The maximum absolute atomic E-state index is 12.3. The van der Waals surface area contributed by atoms with Crippen LogP contribution in [0.4, 0.5) is 5.69 Å². The van der Waals surface area contributed by atoms with Crippen LogP contribution in [0.1, 0.15) is 60.8 Å². The first-order chi connectivity index (χ1) is 20.8. The number of methoxy groups -OCH3 is 1. The molecule has 1 amide bonds. The fourth-order valence-corrected chi connectivity index (χ4v) is 5.22. The van der Waals surface area contributed by atoms with Gasteiger partial charge in [0.25, 0.3) is 0 Å². The monoisotopic (exact) mass is 580 g/mol. The van der Waals surface area contributed by atoms with Crippen LogP contribution >= 0.6 is 0 Å². The van der Waals surface area contributed by atoms with Crippen LogP contribution in [0.25, 0.3) is 0 Å². The third kappa shape index (κ3) is 8.39. The third-order valence-corrected chi connectivity index (χ3v) is 7.90. The highest BCUT2D eigenvalue weighted by Crippen LogP contribution is 2.38. The molecule has 0 aliphatic carbocycles. The van der Waals surface area contributed by atoms with E-state index in [9.17, 15) is 9.90 Å². The van der Waals surface area contributed by atoms with Crippen molar-refractivity contribution in [2.75, 3.05) is 39.3 Å². The minimum Gasteiger partial charge on any atom is -0.497 e. The Morgan fingerprint density at radius 3 is 1.93 bits per heavy atom. The summed E-state index contributed by atoms with van der Waals surface area (Å²) in [7, 11) is 5.61. The number of nitrogens with one attached hydrogen (secondary N) is 1. The molecule has 226 valence electrons. The third-order valence-electron chi connectivity index (χ3n) is 7.90. The Kier molecular flexibility index (Phi) is 11.2. The summed E-state index contributed by atoms with van der Waals surface area (Å²) in [5.41, 5.74) is 3.24. The average Bonchev–Trinajstić information content (AvgIpc) is 3.05. The van der Waals surface area contributed by atoms with E-state index in [0.717, 1.165) is 41.0 Å². The van der Waals surface area contributed by atoms with E-state index in [4.69, 9.17) is 9.47 Å². The van der Waals surface area contributed by atoms with Crippen LogP contribution in [0.3, 0.4) is 0 Å². The molecule has 0 aliphatic heterocycles. The summed E-state index contributed by atoms with van der Waals surface area (Å²) < 4.78 is 11.3. The maximum atomic E-state index is 12.3. The quantitative estimate of drug-likeness (QED) is 0.118. The maximum Gasteiger partial charge on any atom is 0.220 e. The van der Waals surface area contributed by atoms with E-state index >= 15 is 0 Å². The number of aliphatic hydroxyl groups is 1. The van der Waals surface area contributed by atoms with Gasteiger partial charge < -0.3 is 24.8 Å². The molecule has 0 bridgehead atoms. The lowest BCUT2D eigenvalue weighted by molar-refractivity contribution is -0.121. The van der Waals surface area contributed by atoms with Gasteiger partial charge in [0.2, 0.25) is 5.91 Å². The van der Waals surface area contributed by atoms with Gasteiger partial charge >= 0.3 is 0 Å². The number of carbonyl (C=O) groups excluding carboxylic acids is 1. The summed E-state index contributed by atoms with van der Waals surface area (Å²) in [6.45, 7) is 3.35. The Morgan fingerprint density at radius 1 is 0.814 bits per heavy atom. The Labute approximate surface area is 256 Å². The highest BCUT2D eigenvalue weighted by atomic mass is 16.5. The molecule has 0 spiro atoms. The van der Waals surface area contributed by atoms with Gasteiger partial charge in [0, 0.05) is 32.7 Å². The molecule has 2 atom stereocenters. The van der Waals surface area contributed by atoms with E-state index in [0.29, 0.717) is 37.7 Å². The van der Waals surface area contributed by atoms with E-state index in [1.54, 1.807) is 7.11 Å². The van der Waals surface area contributed by atoms with E-state index in [1.807, 2.05) is 97.9 Å². The van der Waals surface area contributed by atoms with Crippen LogP contribution < -0.4 is 19.7 Å². The number of carbonyl (C=O) groups is 1. The fraction of sp³-hybridized carbons (Fsp3) is 0.324. The fourth-order valence-electron chi connectivity index (χ4n) is 5.22. The van der Waals surface area contributed by atoms with Crippen molar-refractivity contribution >= 4 is 11.6 Å². The van der Waals surface area contributed by atoms with Crippen molar-refractivity contribution in [1.29, 1.82) is 0 Å². The molecule has 2 N–H and O–H groups in total. The van der Waals surface area contributed by atoms with Crippen molar-refractivity contribution in [2.45, 2.75) is 44.1 Å². The number of nitrogens with zero attached hydrogens (tertiary/aromatic N) is 1. The summed E-state index contributed by atoms with van der Waals surface area (Å²) >= 11 is 0. The molecule has 0 fully saturated rings. The molecule has 0 heterocycles. The highest BCUT2D eigenvalue weighted by molar-refractivity contribution is 5.75. The number of benzene rings is 4. The zero-order valence-electron chi connectivity index (χ0n) is 25.8. The first-order valence-electron chi connectivity index (χ1n) is 15.0. The topological polar surface area (TPSA) is 71.0 Å². The lowest BCUT2D eigenvalue weighted by atomic mass is 9.80. The lowest BCUT2D eigenvalue weighted by Gasteiger charge is -2.31. The van der Waals surface area contributed by atoms with Gasteiger partial charge in [0.15, 0.2) is 0 Å². The van der Waals surface area contributed by atoms with Crippen LogP contribution in [0.5, 0.6) is 11.5 Å². The van der Waals surface area contributed by atoms with Crippen molar-refractivity contribution in [2.24, 2.45) is 0 Å². The molecule has 0 saturated carbocycles. The van der Waals surface area contributed by atoms with Crippen molar-refractivity contribution in [3.63, 3.8) is 0 Å². The van der Waals surface area contributed by atoms with Crippen LogP contribution in [-0.4, -0.2) is 45.4 Å². The number of amides is 1. The van der Waals surface area contributed by atoms with Gasteiger partial charge in [-0.3, -0.25) is 4.79 Å². The first-order valence-corrected chi connectivity index (χ1v) is 15.0.